The van der Waals surface area contributed by atoms with E-state index in [2.05, 4.69) is 13.8 Å². The summed E-state index contributed by atoms with van der Waals surface area (Å²) in [6.07, 6.45) is -6.01. The molecule has 0 unspecified atom stereocenters. The third-order valence-corrected chi connectivity index (χ3v) is 7.53. The Balaban J connectivity index is 2.28. The van der Waals surface area contributed by atoms with Crippen molar-refractivity contribution in [3.05, 3.63) is 22.7 Å². The van der Waals surface area contributed by atoms with Gasteiger partial charge in [-0.2, -0.15) is 4.98 Å². The molecule has 1 aliphatic heterocycles. The van der Waals surface area contributed by atoms with Crippen LogP contribution in [0.5, 0.6) is 0 Å². The number of aromatic nitrogens is 2. The van der Waals surface area contributed by atoms with Gasteiger partial charge < -0.3 is 50.0 Å². The van der Waals surface area contributed by atoms with Gasteiger partial charge in [-0.05, 0) is 10.9 Å². The van der Waals surface area contributed by atoms with Crippen molar-refractivity contribution < 1.29 is 57.7 Å². The summed E-state index contributed by atoms with van der Waals surface area (Å²) in [4.78, 5) is 79.9. The van der Waals surface area contributed by atoms with Crippen LogP contribution in [0.15, 0.2) is 17.1 Å². The Morgan fingerprint density at radius 2 is 1.97 bits per heavy atom. The summed E-state index contributed by atoms with van der Waals surface area (Å²) in [5.74, 6) is -0.195. The molecule has 0 aromatic carbocycles. The van der Waals surface area contributed by atoms with Crippen molar-refractivity contribution in [1.29, 1.82) is 0 Å². The van der Waals surface area contributed by atoms with E-state index < -0.39 is 60.8 Å². The van der Waals surface area contributed by atoms with Crippen molar-refractivity contribution in [1.82, 2.24) is 14.4 Å². The minimum absolute atomic E-state index is 0.195. The van der Waals surface area contributed by atoms with E-state index in [1.54, 1.807) is 0 Å². The number of nitrogens with one attached hydrogen (secondary N) is 1. The lowest BCUT2D eigenvalue weighted by Gasteiger charge is -2.42. The van der Waals surface area contributed by atoms with Gasteiger partial charge in [-0.3, -0.25) is 4.57 Å². The van der Waals surface area contributed by atoms with Crippen molar-refractivity contribution in [3.8, 4) is 0 Å². The lowest BCUT2D eigenvalue weighted by molar-refractivity contribution is -0.357. The fourth-order valence-corrected chi connectivity index (χ4v) is 5.85. The van der Waals surface area contributed by atoms with E-state index in [9.17, 15) is 39.1 Å². The van der Waals surface area contributed by atoms with Gasteiger partial charge in [0, 0.05) is 6.20 Å². The highest BCUT2D eigenvalue weighted by Gasteiger charge is 2.50. The highest BCUT2D eigenvalue weighted by atomic mass is 31.3. The van der Waals surface area contributed by atoms with Crippen molar-refractivity contribution in [2.75, 3.05) is 12.3 Å². The van der Waals surface area contributed by atoms with Crippen molar-refractivity contribution in [2.24, 2.45) is 0 Å². The quantitative estimate of drug-likeness (QED) is 0.189. The second-order valence-electron chi connectivity index (χ2n) is 5.52. The maximum absolute atomic E-state index is 12.0. The summed E-state index contributed by atoms with van der Waals surface area (Å²) in [5, 5.41) is 19.3. The van der Waals surface area contributed by atoms with Crippen molar-refractivity contribution in [2.45, 2.75) is 24.5 Å². The van der Waals surface area contributed by atoms with Crippen LogP contribution in [0.3, 0.4) is 0 Å². The Morgan fingerprint density at radius 1 is 1.34 bits per heavy atom. The van der Waals surface area contributed by atoms with Crippen LogP contribution in [-0.2, 0) is 18.1 Å². The molecule has 4 atom stereocenters. The first-order valence-corrected chi connectivity index (χ1v) is 11.9. The molecule has 1 saturated heterocycles. The molecule has 0 bridgehead atoms. The van der Waals surface area contributed by atoms with E-state index in [1.165, 1.54) is 0 Å². The van der Waals surface area contributed by atoms with E-state index in [1.807, 2.05) is 0 Å². The minimum Gasteiger partial charge on any atom is -0.642 e. The molecule has 7 N–H and O–H groups in total. The predicted molar refractivity (Wildman–Crippen MR) is 84.9 cm³/mol. The van der Waals surface area contributed by atoms with E-state index in [4.69, 9.17) is 20.3 Å². The Bertz CT molecular complexity index is 830. The number of nitrogens with two attached hydrogens (primary N) is 1. The Labute approximate surface area is 162 Å². The summed E-state index contributed by atoms with van der Waals surface area (Å²) in [6.45, 7) is -0.841. The van der Waals surface area contributed by atoms with Crippen LogP contribution in [0, 0.1) is 0 Å². The molecular formula is C9H15N4O13P3-2. The molecule has 17 nitrogen and oxygen atoms in total. The molecule has 0 aliphatic carbocycles. The number of aliphatic hydroxyl groups is 2. The zero-order chi connectivity index (χ0) is 22.2. The van der Waals surface area contributed by atoms with Gasteiger partial charge in [-0.1, -0.05) is 0 Å². The lowest BCUT2D eigenvalue weighted by atomic mass is 10.1. The number of hydrogen-bond donors (Lipinski definition) is 6. The molecule has 1 fully saturated rings. The number of nitrogen functional groups attached to an aromatic ring is 1. The SMILES string of the molecule is Nc1ccn([C@@H]2O[C@H](CO)[C@@H](O)[C@H]2O[P+]([O-])([O-])N[P+]([O-])([O-])OP(=O)(O)O)c(=O)n1. The molecule has 20 heteroatoms. The van der Waals surface area contributed by atoms with Gasteiger partial charge in [0.2, 0.25) is 0 Å². The zero-order valence-corrected chi connectivity index (χ0v) is 16.6. The summed E-state index contributed by atoms with van der Waals surface area (Å²) in [7, 11) is -17.2. The van der Waals surface area contributed by atoms with Gasteiger partial charge in [0.15, 0.2) is 28.5 Å². The van der Waals surface area contributed by atoms with E-state index in [0.29, 0.717) is 4.57 Å². The number of aliphatic hydroxyl groups excluding tert-OH is 2. The van der Waals surface area contributed by atoms with Crippen molar-refractivity contribution >= 4 is 29.8 Å². The minimum atomic E-state index is -5.88. The van der Waals surface area contributed by atoms with Crippen molar-refractivity contribution in [3.63, 3.8) is 0 Å². The zero-order valence-electron chi connectivity index (χ0n) is 13.9. The molecule has 0 spiro atoms. The van der Waals surface area contributed by atoms with Gasteiger partial charge in [0.25, 0.3) is 0 Å². The maximum atomic E-state index is 12.0. The molecule has 0 saturated carbocycles. The predicted octanol–water partition coefficient (Wildman–Crippen LogP) is -6.04. The number of nitrogens with zero attached hydrogens (tertiary/aromatic N) is 2. The second-order valence-corrected chi connectivity index (χ2v) is 10.2. The smallest absolute Gasteiger partial charge is 0.504 e. The van der Waals surface area contributed by atoms with Crippen LogP contribution in [0.2, 0.25) is 0 Å². The van der Waals surface area contributed by atoms with E-state index in [-0.39, 0.29) is 5.82 Å². The number of phosphoric acid groups is 1. The normalized spacial score (nSPS) is 26.1. The summed E-state index contributed by atoms with van der Waals surface area (Å²) in [6, 6.07) is 1.12. The van der Waals surface area contributed by atoms with Crippen LogP contribution in [-0.4, -0.2) is 54.5 Å². The standard InChI is InChI=1S/C9H17N4O13P3/c10-5-1-2-13(9(16)11-5)8-7(6(15)4(3-14)24-8)25-27(17,18)12-28(19,20)26-29(21,22)23/h1-2,4,6-8,14-15H,3H2,(H2,10,11,16)(H2,21,22,23)(H3,12,17,18,19,20)/p-2/t4-,6-,7-,8-/m1/s1. The molecular weight excluding hydrogens is 465 g/mol. The van der Waals surface area contributed by atoms with Crippen LogP contribution in [0.25, 0.3) is 0 Å². The van der Waals surface area contributed by atoms with Gasteiger partial charge in [0.1, 0.15) is 18.0 Å². The Hall–Kier alpha value is -0.710. The third kappa shape index (κ3) is 6.63. The van der Waals surface area contributed by atoms with Crippen LogP contribution < -0.4 is 35.9 Å². The molecule has 1 aliphatic rings. The van der Waals surface area contributed by atoms with E-state index >= 15 is 0 Å². The molecule has 166 valence electrons. The Morgan fingerprint density at radius 3 is 2.48 bits per heavy atom. The summed E-state index contributed by atoms with van der Waals surface area (Å²) in [5.41, 5.74) is 4.28. The maximum Gasteiger partial charge on any atom is 0.504 e. The van der Waals surface area contributed by atoms with Crippen LogP contribution in [0.1, 0.15) is 6.23 Å². The summed E-state index contributed by atoms with van der Waals surface area (Å²) < 4.78 is 24.3. The average molecular weight is 480 g/mol. The number of ether oxygens (including phenoxy) is 1. The van der Waals surface area contributed by atoms with Gasteiger partial charge in [0.05, 0.1) is 6.61 Å². The van der Waals surface area contributed by atoms with Gasteiger partial charge in [-0.25, -0.2) is 13.9 Å². The fourth-order valence-electron chi connectivity index (χ4n) is 2.32. The molecule has 0 amide bonds. The molecule has 2 heterocycles. The van der Waals surface area contributed by atoms with Gasteiger partial charge >= 0.3 is 13.5 Å². The molecule has 1 aromatic heterocycles. The lowest BCUT2D eigenvalue weighted by Crippen LogP contribution is -2.48. The average Bonchev–Trinajstić information content (AvgIpc) is 2.79. The highest BCUT2D eigenvalue weighted by Crippen LogP contribution is 2.60. The summed E-state index contributed by atoms with van der Waals surface area (Å²) >= 11 is 0. The highest BCUT2D eigenvalue weighted by molar-refractivity contribution is 7.74. The molecule has 1 aromatic rings. The largest absolute Gasteiger partial charge is 0.642 e. The Kier molecular flexibility index (Phi) is 7.45. The fraction of sp³-hybridized carbons (Fsp3) is 0.556. The molecule has 0 radical (unpaired) electrons. The van der Waals surface area contributed by atoms with E-state index in [0.717, 1.165) is 17.1 Å². The first kappa shape index (κ1) is 24.6. The van der Waals surface area contributed by atoms with Gasteiger partial charge in [-0.15, -0.1) is 4.31 Å². The number of hydrogen-bond acceptors (Lipinski definition) is 14. The number of anilines is 1. The molecule has 2 rings (SSSR count). The third-order valence-electron chi connectivity index (χ3n) is 3.34. The molecule has 29 heavy (non-hydrogen) atoms. The topological polar surface area (TPSA) is 291 Å². The van der Waals surface area contributed by atoms with Crippen LogP contribution in [0.4, 0.5) is 5.82 Å². The number of rotatable bonds is 8. The first-order valence-electron chi connectivity index (χ1n) is 7.30. The second kappa shape index (κ2) is 8.80. The monoisotopic (exact) mass is 480 g/mol. The first-order chi connectivity index (χ1) is 13.1. The van der Waals surface area contributed by atoms with Crippen LogP contribution >= 0.6 is 24.0 Å².